The summed E-state index contributed by atoms with van der Waals surface area (Å²) in [4.78, 5) is 21.7. The van der Waals surface area contributed by atoms with Crippen LogP contribution in [0, 0.1) is 10.1 Å². The summed E-state index contributed by atoms with van der Waals surface area (Å²) >= 11 is 0. The number of ether oxygens (including phenoxy) is 1. The van der Waals surface area contributed by atoms with Crippen LogP contribution in [-0.4, -0.2) is 23.1 Å². The lowest BCUT2D eigenvalue weighted by atomic mass is 10.2. The average molecular weight is 317 g/mol. The highest BCUT2D eigenvalue weighted by Crippen LogP contribution is 2.14. The Morgan fingerprint density at radius 2 is 2.00 bits per heavy atom. The van der Waals surface area contributed by atoms with Gasteiger partial charge in [-0.05, 0) is 44.2 Å². The van der Waals surface area contributed by atoms with Crippen LogP contribution < -0.4 is 10.2 Å². The first kappa shape index (κ1) is 16.2. The van der Waals surface area contributed by atoms with Gasteiger partial charge in [0.1, 0.15) is 10.7 Å². The monoisotopic (exact) mass is 317 g/mol. The summed E-state index contributed by atoms with van der Waals surface area (Å²) in [5.74, 6) is 0.0255. The van der Waals surface area contributed by atoms with Gasteiger partial charge in [0, 0.05) is 5.56 Å². The first-order valence-electron chi connectivity index (χ1n) is 6.80. The van der Waals surface area contributed by atoms with Crippen molar-refractivity contribution in [3.05, 3.63) is 57.8 Å². The van der Waals surface area contributed by atoms with Gasteiger partial charge in [-0.3, -0.25) is 14.9 Å². The van der Waals surface area contributed by atoms with Gasteiger partial charge in [0.05, 0.1) is 18.4 Å². The van der Waals surface area contributed by atoms with Gasteiger partial charge in [-0.2, -0.15) is 5.10 Å². The summed E-state index contributed by atoms with van der Waals surface area (Å²) in [6, 6.07) is 9.19. The SMILES string of the molecule is CC(C)Oc1ccc(C(=O)NN=Cc2ccc([N+](=O)[O-])o2)cc1. The molecule has 0 aliphatic heterocycles. The fourth-order valence-corrected chi connectivity index (χ4v) is 1.69. The number of amides is 1. The molecule has 23 heavy (non-hydrogen) atoms. The lowest BCUT2D eigenvalue weighted by Gasteiger charge is -2.09. The van der Waals surface area contributed by atoms with Gasteiger partial charge in [0.25, 0.3) is 5.91 Å². The van der Waals surface area contributed by atoms with E-state index in [1.165, 1.54) is 18.3 Å². The van der Waals surface area contributed by atoms with E-state index >= 15 is 0 Å². The molecule has 8 heteroatoms. The van der Waals surface area contributed by atoms with Gasteiger partial charge in [-0.25, -0.2) is 5.43 Å². The fourth-order valence-electron chi connectivity index (χ4n) is 1.69. The van der Waals surface area contributed by atoms with Gasteiger partial charge in [0.15, 0.2) is 5.76 Å². The van der Waals surface area contributed by atoms with E-state index < -0.39 is 16.7 Å². The van der Waals surface area contributed by atoms with Crippen molar-refractivity contribution in [3.63, 3.8) is 0 Å². The predicted molar refractivity (Wildman–Crippen MR) is 82.6 cm³/mol. The molecule has 0 unspecified atom stereocenters. The Balaban J connectivity index is 1.93. The van der Waals surface area contributed by atoms with Gasteiger partial charge < -0.3 is 9.15 Å². The molecule has 0 fully saturated rings. The standard InChI is InChI=1S/C15H15N3O5/c1-10(2)22-12-5-3-11(4-6-12)15(19)17-16-9-13-7-8-14(23-13)18(20)21/h3-10H,1-2H3,(H,17,19). The Bertz CT molecular complexity index is 719. The van der Waals surface area contributed by atoms with Gasteiger partial charge in [0.2, 0.25) is 0 Å². The van der Waals surface area contributed by atoms with Crippen molar-refractivity contribution in [3.8, 4) is 5.75 Å². The van der Waals surface area contributed by atoms with Crippen LogP contribution in [0.15, 0.2) is 45.9 Å². The number of hydrogen-bond donors (Lipinski definition) is 1. The van der Waals surface area contributed by atoms with Crippen LogP contribution in [0.2, 0.25) is 0 Å². The normalized spacial score (nSPS) is 10.9. The lowest BCUT2D eigenvalue weighted by molar-refractivity contribution is -0.402. The van der Waals surface area contributed by atoms with E-state index in [0.717, 1.165) is 0 Å². The summed E-state index contributed by atoms with van der Waals surface area (Å²) in [5.41, 5.74) is 2.71. The molecule has 0 saturated carbocycles. The summed E-state index contributed by atoms with van der Waals surface area (Å²) in [7, 11) is 0. The molecule has 0 spiro atoms. The van der Waals surface area contributed by atoms with Crippen LogP contribution >= 0.6 is 0 Å². The first-order chi connectivity index (χ1) is 11.0. The van der Waals surface area contributed by atoms with E-state index in [1.54, 1.807) is 24.3 Å². The molecule has 1 amide bonds. The molecule has 120 valence electrons. The maximum Gasteiger partial charge on any atom is 0.433 e. The van der Waals surface area contributed by atoms with E-state index in [1.807, 2.05) is 13.8 Å². The van der Waals surface area contributed by atoms with E-state index in [0.29, 0.717) is 11.3 Å². The van der Waals surface area contributed by atoms with Crippen molar-refractivity contribution in [1.82, 2.24) is 5.43 Å². The Hall–Kier alpha value is -3.16. The third-order valence-corrected chi connectivity index (χ3v) is 2.64. The second kappa shape index (κ2) is 7.21. The van der Waals surface area contributed by atoms with Gasteiger partial charge in [-0.1, -0.05) is 0 Å². The number of nitrogens with one attached hydrogen (secondary N) is 1. The molecule has 8 nitrogen and oxygen atoms in total. The molecular weight excluding hydrogens is 302 g/mol. The number of nitrogens with zero attached hydrogens (tertiary/aromatic N) is 2. The van der Waals surface area contributed by atoms with Gasteiger partial charge >= 0.3 is 5.88 Å². The molecule has 1 aromatic heterocycles. The summed E-state index contributed by atoms with van der Waals surface area (Å²) < 4.78 is 10.3. The Morgan fingerprint density at radius 3 is 2.57 bits per heavy atom. The number of furan rings is 1. The quantitative estimate of drug-likeness (QED) is 0.501. The molecule has 1 heterocycles. The second-order valence-corrected chi connectivity index (χ2v) is 4.82. The number of carbonyl (C=O) groups excluding carboxylic acids is 1. The molecule has 2 aromatic rings. The molecular formula is C15H15N3O5. The van der Waals surface area contributed by atoms with E-state index in [9.17, 15) is 14.9 Å². The zero-order chi connectivity index (χ0) is 16.8. The molecule has 0 aliphatic carbocycles. The fraction of sp³-hybridized carbons (Fsp3) is 0.200. The van der Waals surface area contributed by atoms with Crippen LogP contribution in [0.4, 0.5) is 5.88 Å². The van der Waals surface area contributed by atoms with Crippen molar-refractivity contribution < 1.29 is 18.9 Å². The lowest BCUT2D eigenvalue weighted by Crippen LogP contribution is -2.17. The highest BCUT2D eigenvalue weighted by atomic mass is 16.6. The zero-order valence-corrected chi connectivity index (χ0v) is 12.6. The minimum absolute atomic E-state index is 0.0524. The number of hydrazone groups is 1. The molecule has 0 radical (unpaired) electrons. The summed E-state index contributed by atoms with van der Waals surface area (Å²) in [6.07, 6.45) is 1.23. The molecule has 0 atom stereocenters. The molecule has 0 aliphatic rings. The van der Waals surface area contributed by atoms with Crippen LogP contribution in [0.5, 0.6) is 5.75 Å². The van der Waals surface area contributed by atoms with Crippen molar-refractivity contribution in [1.29, 1.82) is 0 Å². The molecule has 1 N–H and O–H groups in total. The number of benzene rings is 1. The number of rotatable bonds is 6. The van der Waals surface area contributed by atoms with Gasteiger partial charge in [-0.15, -0.1) is 0 Å². The Morgan fingerprint density at radius 1 is 1.30 bits per heavy atom. The number of carbonyl (C=O) groups is 1. The minimum Gasteiger partial charge on any atom is -0.491 e. The molecule has 0 saturated heterocycles. The predicted octanol–water partition coefficient (Wildman–Crippen LogP) is 2.74. The molecule has 2 rings (SSSR count). The minimum atomic E-state index is -0.656. The maximum absolute atomic E-state index is 11.9. The third kappa shape index (κ3) is 4.67. The first-order valence-corrected chi connectivity index (χ1v) is 6.80. The largest absolute Gasteiger partial charge is 0.491 e. The van der Waals surface area contributed by atoms with Crippen molar-refractivity contribution in [2.45, 2.75) is 20.0 Å². The smallest absolute Gasteiger partial charge is 0.433 e. The Kier molecular flexibility index (Phi) is 5.08. The molecule has 1 aromatic carbocycles. The average Bonchev–Trinajstić information content (AvgIpc) is 2.96. The summed E-state index contributed by atoms with van der Waals surface area (Å²) in [6.45, 7) is 3.82. The van der Waals surface area contributed by atoms with E-state index in [4.69, 9.17) is 9.15 Å². The summed E-state index contributed by atoms with van der Waals surface area (Å²) in [5, 5.41) is 14.2. The van der Waals surface area contributed by atoms with Crippen molar-refractivity contribution in [2.75, 3.05) is 0 Å². The zero-order valence-electron chi connectivity index (χ0n) is 12.6. The van der Waals surface area contributed by atoms with Crippen LogP contribution in [0.1, 0.15) is 30.0 Å². The highest BCUT2D eigenvalue weighted by Gasteiger charge is 2.10. The third-order valence-electron chi connectivity index (χ3n) is 2.64. The van der Waals surface area contributed by atoms with Crippen LogP contribution in [-0.2, 0) is 0 Å². The Labute approximate surface area is 131 Å². The maximum atomic E-state index is 11.9. The molecule has 0 bridgehead atoms. The van der Waals surface area contributed by atoms with E-state index in [2.05, 4.69) is 10.5 Å². The van der Waals surface area contributed by atoms with Crippen molar-refractivity contribution >= 4 is 18.0 Å². The topological polar surface area (TPSA) is 107 Å². The second-order valence-electron chi connectivity index (χ2n) is 4.82. The number of nitro groups is 1. The number of hydrogen-bond acceptors (Lipinski definition) is 6. The van der Waals surface area contributed by atoms with Crippen LogP contribution in [0.25, 0.3) is 0 Å². The van der Waals surface area contributed by atoms with E-state index in [-0.39, 0.29) is 11.9 Å². The van der Waals surface area contributed by atoms with Crippen molar-refractivity contribution in [2.24, 2.45) is 5.10 Å². The highest BCUT2D eigenvalue weighted by molar-refractivity contribution is 5.94. The van der Waals surface area contributed by atoms with Crippen LogP contribution in [0.3, 0.4) is 0 Å².